The summed E-state index contributed by atoms with van der Waals surface area (Å²) in [6.07, 6.45) is -0.813. The van der Waals surface area contributed by atoms with Crippen LogP contribution in [0.25, 0.3) is 0 Å². The van der Waals surface area contributed by atoms with Crippen molar-refractivity contribution in [3.05, 3.63) is 60.2 Å². The highest BCUT2D eigenvalue weighted by molar-refractivity contribution is 6.10. The Balaban J connectivity index is 1.83. The predicted octanol–water partition coefficient (Wildman–Crippen LogP) is 0.810. The largest absolute Gasteiger partial charge is 0.481 e. The standard InChI is InChI=1S/C22H22N4O7/c27-18-12-26(17-9-5-4-8-14(17)23-18)22(33)25-15(10-13-6-2-1-3-7-13)20(30)24-16(21(31)32)11-19(28)29/h1-9,15-16H,10-12H2,(H,23,27)(H,24,30)(H,25,33)(H,28,29)(H,31,32)/t15-,16-/m0/s1. The van der Waals surface area contributed by atoms with Crippen LogP contribution in [-0.2, 0) is 25.6 Å². The first-order valence-electron chi connectivity index (χ1n) is 10.0. The molecule has 33 heavy (non-hydrogen) atoms. The summed E-state index contributed by atoms with van der Waals surface area (Å²) in [6, 6.07) is 11.7. The number of nitrogens with one attached hydrogen (secondary N) is 3. The van der Waals surface area contributed by atoms with E-state index >= 15 is 0 Å². The van der Waals surface area contributed by atoms with E-state index in [1.807, 2.05) is 0 Å². The second-order valence-corrected chi connectivity index (χ2v) is 7.34. The van der Waals surface area contributed by atoms with E-state index in [4.69, 9.17) is 5.11 Å². The molecule has 2 aromatic carbocycles. The Hall–Kier alpha value is -4.41. The number of amides is 4. The molecule has 11 heteroatoms. The van der Waals surface area contributed by atoms with Crippen molar-refractivity contribution in [2.24, 2.45) is 0 Å². The van der Waals surface area contributed by atoms with Gasteiger partial charge in [0.2, 0.25) is 11.8 Å². The fourth-order valence-electron chi connectivity index (χ4n) is 3.35. The molecule has 3 rings (SSSR count). The molecule has 0 saturated carbocycles. The summed E-state index contributed by atoms with van der Waals surface area (Å²) in [5.74, 6) is -4.20. The molecule has 0 bridgehead atoms. The molecule has 11 nitrogen and oxygen atoms in total. The number of carbonyl (C=O) groups is 5. The van der Waals surface area contributed by atoms with Gasteiger partial charge in [0.15, 0.2) is 0 Å². The Kier molecular flexibility index (Phi) is 7.24. The van der Waals surface area contributed by atoms with Gasteiger partial charge in [-0.2, -0.15) is 0 Å². The fourth-order valence-corrected chi connectivity index (χ4v) is 3.35. The number of fused-ring (bicyclic) bond motifs is 1. The van der Waals surface area contributed by atoms with Gasteiger partial charge in [-0.25, -0.2) is 9.59 Å². The first-order valence-corrected chi connectivity index (χ1v) is 10.0. The normalized spacial score (nSPS) is 14.3. The molecule has 2 atom stereocenters. The minimum absolute atomic E-state index is 0.0134. The SMILES string of the molecule is O=C(O)C[C@H](NC(=O)[C@H](Cc1ccccc1)NC(=O)N1CC(=O)Nc2ccccc21)C(=O)O. The van der Waals surface area contributed by atoms with E-state index in [2.05, 4.69) is 16.0 Å². The van der Waals surface area contributed by atoms with Crippen LogP contribution >= 0.6 is 0 Å². The zero-order valence-electron chi connectivity index (χ0n) is 17.4. The van der Waals surface area contributed by atoms with Crippen molar-refractivity contribution in [2.75, 3.05) is 16.8 Å². The van der Waals surface area contributed by atoms with Gasteiger partial charge in [-0.15, -0.1) is 0 Å². The molecule has 1 heterocycles. The van der Waals surface area contributed by atoms with Gasteiger partial charge in [0, 0.05) is 6.42 Å². The molecule has 5 N–H and O–H groups in total. The van der Waals surface area contributed by atoms with Gasteiger partial charge in [0.1, 0.15) is 18.6 Å². The molecular weight excluding hydrogens is 432 g/mol. The lowest BCUT2D eigenvalue weighted by atomic mass is 10.0. The second kappa shape index (κ2) is 10.3. The van der Waals surface area contributed by atoms with Gasteiger partial charge in [-0.05, 0) is 17.7 Å². The summed E-state index contributed by atoms with van der Waals surface area (Å²) in [4.78, 5) is 61.5. The van der Waals surface area contributed by atoms with Gasteiger partial charge >= 0.3 is 18.0 Å². The van der Waals surface area contributed by atoms with Crippen LogP contribution in [0.15, 0.2) is 54.6 Å². The highest BCUT2D eigenvalue weighted by atomic mass is 16.4. The highest BCUT2D eigenvalue weighted by Crippen LogP contribution is 2.28. The number of carboxylic acids is 2. The lowest BCUT2D eigenvalue weighted by Gasteiger charge is -2.31. The molecule has 0 radical (unpaired) electrons. The van der Waals surface area contributed by atoms with Crippen LogP contribution in [0.5, 0.6) is 0 Å². The van der Waals surface area contributed by atoms with Crippen molar-refractivity contribution in [1.82, 2.24) is 10.6 Å². The van der Waals surface area contributed by atoms with E-state index < -0.39 is 48.3 Å². The summed E-state index contributed by atoms with van der Waals surface area (Å²) < 4.78 is 0. The van der Waals surface area contributed by atoms with Gasteiger partial charge in [-0.3, -0.25) is 19.3 Å². The van der Waals surface area contributed by atoms with E-state index in [0.29, 0.717) is 16.9 Å². The first kappa shape index (κ1) is 23.3. The van der Waals surface area contributed by atoms with Crippen LogP contribution in [0.3, 0.4) is 0 Å². The van der Waals surface area contributed by atoms with Crippen molar-refractivity contribution in [3.63, 3.8) is 0 Å². The molecule has 2 aromatic rings. The number of carboxylic acid groups (broad SMARTS) is 2. The van der Waals surface area contributed by atoms with Crippen LogP contribution < -0.4 is 20.9 Å². The molecule has 0 fully saturated rings. The Morgan fingerprint density at radius 2 is 1.61 bits per heavy atom. The fraction of sp³-hybridized carbons (Fsp3) is 0.227. The number of rotatable bonds is 8. The maximum atomic E-state index is 13.1. The summed E-state index contributed by atoms with van der Waals surface area (Å²) in [5.41, 5.74) is 1.54. The summed E-state index contributed by atoms with van der Waals surface area (Å²) in [5, 5.41) is 25.6. The van der Waals surface area contributed by atoms with Crippen LogP contribution in [0.2, 0.25) is 0 Å². The average Bonchev–Trinajstić information content (AvgIpc) is 2.77. The van der Waals surface area contributed by atoms with Crippen LogP contribution in [0.1, 0.15) is 12.0 Å². The molecule has 1 aliphatic rings. The third-order valence-corrected chi connectivity index (χ3v) is 4.91. The summed E-state index contributed by atoms with van der Waals surface area (Å²) >= 11 is 0. The Bertz CT molecular complexity index is 1070. The molecule has 0 unspecified atom stereocenters. The van der Waals surface area contributed by atoms with Crippen molar-refractivity contribution < 1.29 is 34.2 Å². The molecule has 0 aromatic heterocycles. The topological polar surface area (TPSA) is 165 Å². The zero-order valence-corrected chi connectivity index (χ0v) is 17.4. The highest BCUT2D eigenvalue weighted by Gasteiger charge is 2.32. The van der Waals surface area contributed by atoms with Gasteiger partial charge in [0.05, 0.1) is 17.8 Å². The van der Waals surface area contributed by atoms with Crippen LogP contribution in [0.4, 0.5) is 16.2 Å². The maximum absolute atomic E-state index is 13.1. The number of benzene rings is 2. The van der Waals surface area contributed by atoms with E-state index in [1.54, 1.807) is 54.6 Å². The number of hydrogen-bond acceptors (Lipinski definition) is 5. The lowest BCUT2D eigenvalue weighted by Crippen LogP contribution is -2.56. The Labute approximate surface area is 188 Å². The van der Waals surface area contributed by atoms with E-state index in [1.165, 1.54) is 4.90 Å². The van der Waals surface area contributed by atoms with Crippen molar-refractivity contribution in [1.29, 1.82) is 0 Å². The quantitative estimate of drug-likeness (QED) is 0.394. The predicted molar refractivity (Wildman–Crippen MR) is 117 cm³/mol. The van der Waals surface area contributed by atoms with Gasteiger partial charge in [0.25, 0.3) is 0 Å². The number of nitrogens with zero attached hydrogens (tertiary/aromatic N) is 1. The molecular formula is C22H22N4O7. The first-order chi connectivity index (χ1) is 15.7. The number of anilines is 2. The van der Waals surface area contributed by atoms with Crippen LogP contribution in [0, 0.1) is 0 Å². The maximum Gasteiger partial charge on any atom is 0.326 e. The molecule has 4 amide bonds. The van der Waals surface area contributed by atoms with E-state index in [9.17, 15) is 29.1 Å². The van der Waals surface area contributed by atoms with Gasteiger partial charge < -0.3 is 26.2 Å². The molecule has 0 spiro atoms. The molecule has 172 valence electrons. The minimum Gasteiger partial charge on any atom is -0.481 e. The zero-order chi connectivity index (χ0) is 24.0. The van der Waals surface area contributed by atoms with E-state index in [0.717, 1.165) is 0 Å². The van der Waals surface area contributed by atoms with Crippen LogP contribution in [-0.4, -0.2) is 58.6 Å². The van der Waals surface area contributed by atoms with Crippen molar-refractivity contribution in [2.45, 2.75) is 24.9 Å². The third-order valence-electron chi connectivity index (χ3n) is 4.91. The monoisotopic (exact) mass is 454 g/mol. The van der Waals surface area contributed by atoms with Gasteiger partial charge in [-0.1, -0.05) is 42.5 Å². The average molecular weight is 454 g/mol. The van der Waals surface area contributed by atoms with Crippen molar-refractivity contribution in [3.8, 4) is 0 Å². The molecule has 0 aliphatic carbocycles. The summed E-state index contributed by atoms with van der Waals surface area (Å²) in [7, 11) is 0. The Morgan fingerprint density at radius 1 is 0.939 bits per heavy atom. The number of aliphatic carboxylic acids is 2. The smallest absolute Gasteiger partial charge is 0.326 e. The number of urea groups is 1. The third kappa shape index (κ3) is 6.06. The number of hydrogen-bond donors (Lipinski definition) is 5. The molecule has 0 saturated heterocycles. The minimum atomic E-state index is -1.67. The lowest BCUT2D eigenvalue weighted by molar-refractivity contribution is -0.147. The Morgan fingerprint density at radius 3 is 2.27 bits per heavy atom. The second-order valence-electron chi connectivity index (χ2n) is 7.34. The summed E-state index contributed by atoms with van der Waals surface area (Å²) in [6.45, 7) is -0.278. The number of carbonyl (C=O) groups excluding carboxylic acids is 3. The van der Waals surface area contributed by atoms with Crippen molar-refractivity contribution >= 4 is 41.2 Å². The van der Waals surface area contributed by atoms with E-state index in [-0.39, 0.29) is 13.0 Å². The number of para-hydroxylation sites is 2. The molecule has 1 aliphatic heterocycles.